The maximum absolute atomic E-state index is 10.6. The Kier molecular flexibility index (Phi) is 3.30. The minimum atomic E-state index is -1.08. The number of nitrogens with zero attached hydrogens (tertiary/aromatic N) is 2. The zero-order chi connectivity index (χ0) is 12.1. The van der Waals surface area contributed by atoms with Gasteiger partial charge in [-0.2, -0.15) is 0 Å². The second-order valence-electron chi connectivity index (χ2n) is 3.43. The highest BCUT2D eigenvalue weighted by Gasteiger charge is 2.04. The van der Waals surface area contributed by atoms with Crippen LogP contribution in [-0.2, 0) is 6.54 Å². The molecule has 2 N–H and O–H groups in total. The summed E-state index contributed by atoms with van der Waals surface area (Å²) in [6.45, 7) is 0.627. The van der Waals surface area contributed by atoms with E-state index in [1.165, 1.54) is 12.4 Å². The van der Waals surface area contributed by atoms with Crippen LogP contribution in [0, 0.1) is 0 Å². The van der Waals surface area contributed by atoms with E-state index < -0.39 is 5.97 Å². The number of rotatable bonds is 4. The molecule has 1 heterocycles. The van der Waals surface area contributed by atoms with Crippen LogP contribution in [0.5, 0.6) is 0 Å². The first-order chi connectivity index (χ1) is 8.25. The van der Waals surface area contributed by atoms with Gasteiger partial charge < -0.3 is 10.4 Å². The van der Waals surface area contributed by atoms with Gasteiger partial charge in [-0.15, -0.1) is 0 Å². The molecule has 5 nitrogen and oxygen atoms in total. The van der Waals surface area contributed by atoms with E-state index in [1.54, 1.807) is 0 Å². The Bertz CT molecular complexity index is 497. The number of carbonyl (C=O) groups is 1. The van der Waals surface area contributed by atoms with Crippen molar-refractivity contribution in [2.45, 2.75) is 6.54 Å². The van der Waals surface area contributed by atoms with Crippen molar-refractivity contribution in [1.82, 2.24) is 9.97 Å². The molecule has 1 aromatic heterocycles. The third-order valence-electron chi connectivity index (χ3n) is 2.19. The fourth-order valence-corrected chi connectivity index (χ4v) is 1.32. The highest BCUT2D eigenvalue weighted by Crippen LogP contribution is 2.05. The van der Waals surface area contributed by atoms with Gasteiger partial charge in [0.2, 0.25) is 0 Å². The molecule has 0 aliphatic rings. The van der Waals surface area contributed by atoms with Crippen molar-refractivity contribution in [2.24, 2.45) is 0 Å². The molecule has 1 aromatic carbocycles. The summed E-state index contributed by atoms with van der Waals surface area (Å²) in [5.41, 5.74) is 1.06. The lowest BCUT2D eigenvalue weighted by Crippen LogP contribution is -2.05. The molecule has 0 bridgehead atoms. The molecular formula is C12H11N3O2. The summed E-state index contributed by atoms with van der Waals surface area (Å²) < 4.78 is 0. The van der Waals surface area contributed by atoms with E-state index in [2.05, 4.69) is 15.3 Å². The smallest absolute Gasteiger partial charge is 0.356 e. The van der Waals surface area contributed by atoms with Crippen LogP contribution in [0.15, 0.2) is 42.7 Å². The number of anilines is 1. The molecule has 0 saturated carbocycles. The van der Waals surface area contributed by atoms with Gasteiger partial charge >= 0.3 is 5.97 Å². The summed E-state index contributed by atoms with van der Waals surface area (Å²) in [5, 5.41) is 11.7. The Morgan fingerprint density at radius 1 is 1.18 bits per heavy atom. The van der Waals surface area contributed by atoms with Crippen molar-refractivity contribution in [3.63, 3.8) is 0 Å². The van der Waals surface area contributed by atoms with Gasteiger partial charge in [0.25, 0.3) is 0 Å². The number of aromatic carboxylic acids is 1. The summed E-state index contributed by atoms with van der Waals surface area (Å²) in [5.74, 6) is -0.522. The van der Waals surface area contributed by atoms with E-state index in [4.69, 9.17) is 5.11 Å². The molecule has 0 radical (unpaired) electrons. The molecule has 0 amide bonds. The number of benzene rings is 1. The van der Waals surface area contributed by atoms with E-state index in [-0.39, 0.29) is 5.69 Å². The maximum atomic E-state index is 10.6. The normalized spacial score (nSPS) is 9.88. The monoisotopic (exact) mass is 229 g/mol. The number of aromatic nitrogens is 2. The van der Waals surface area contributed by atoms with Crippen molar-refractivity contribution >= 4 is 11.8 Å². The average Bonchev–Trinajstić information content (AvgIpc) is 2.38. The van der Waals surface area contributed by atoms with Crippen LogP contribution in [-0.4, -0.2) is 21.0 Å². The largest absolute Gasteiger partial charge is 0.476 e. The van der Waals surface area contributed by atoms with E-state index in [1.807, 2.05) is 30.3 Å². The van der Waals surface area contributed by atoms with E-state index in [9.17, 15) is 4.79 Å². The van der Waals surface area contributed by atoms with Crippen LogP contribution in [0.25, 0.3) is 0 Å². The Balaban J connectivity index is 1.98. The van der Waals surface area contributed by atoms with Crippen molar-refractivity contribution < 1.29 is 9.90 Å². The molecule has 0 spiro atoms. The molecule has 0 saturated heterocycles. The zero-order valence-corrected chi connectivity index (χ0v) is 9.00. The van der Waals surface area contributed by atoms with Gasteiger partial charge in [0.15, 0.2) is 5.69 Å². The van der Waals surface area contributed by atoms with Crippen LogP contribution < -0.4 is 5.32 Å². The van der Waals surface area contributed by atoms with Crippen LogP contribution >= 0.6 is 0 Å². The van der Waals surface area contributed by atoms with Crippen LogP contribution in [0.4, 0.5) is 5.82 Å². The topological polar surface area (TPSA) is 75.1 Å². The van der Waals surface area contributed by atoms with Gasteiger partial charge in [0.05, 0.1) is 12.4 Å². The second-order valence-corrected chi connectivity index (χ2v) is 3.43. The molecule has 86 valence electrons. The quantitative estimate of drug-likeness (QED) is 0.835. The number of carboxylic acids is 1. The van der Waals surface area contributed by atoms with Crippen LogP contribution in [0.3, 0.4) is 0 Å². The average molecular weight is 229 g/mol. The molecule has 17 heavy (non-hydrogen) atoms. The van der Waals surface area contributed by atoms with Crippen molar-refractivity contribution in [3.05, 3.63) is 54.0 Å². The van der Waals surface area contributed by atoms with Gasteiger partial charge in [0, 0.05) is 6.54 Å². The van der Waals surface area contributed by atoms with Gasteiger partial charge in [-0.1, -0.05) is 30.3 Å². The first-order valence-electron chi connectivity index (χ1n) is 5.09. The van der Waals surface area contributed by atoms with E-state index in [0.29, 0.717) is 12.4 Å². The van der Waals surface area contributed by atoms with Crippen molar-refractivity contribution in [2.75, 3.05) is 5.32 Å². The third kappa shape index (κ3) is 3.01. The number of hydrogen-bond donors (Lipinski definition) is 2. The Hall–Kier alpha value is -2.43. The van der Waals surface area contributed by atoms with Crippen LogP contribution in [0.2, 0.25) is 0 Å². The summed E-state index contributed by atoms with van der Waals surface area (Å²) in [6, 6.07) is 9.84. The SMILES string of the molecule is O=C(O)c1cnc(NCc2ccccc2)cn1. The zero-order valence-electron chi connectivity index (χ0n) is 9.00. The molecule has 0 aliphatic heterocycles. The van der Waals surface area contributed by atoms with Gasteiger partial charge in [-0.25, -0.2) is 14.8 Å². The fourth-order valence-electron chi connectivity index (χ4n) is 1.32. The predicted molar refractivity (Wildman–Crippen MR) is 62.8 cm³/mol. The minimum absolute atomic E-state index is 0.0599. The summed E-state index contributed by atoms with van der Waals surface area (Å²) >= 11 is 0. The van der Waals surface area contributed by atoms with Crippen LogP contribution in [0.1, 0.15) is 16.1 Å². The summed E-state index contributed by atoms with van der Waals surface area (Å²) in [4.78, 5) is 18.3. The van der Waals surface area contributed by atoms with Crippen molar-refractivity contribution in [1.29, 1.82) is 0 Å². The van der Waals surface area contributed by atoms with Gasteiger partial charge in [-0.05, 0) is 5.56 Å². The summed E-state index contributed by atoms with van der Waals surface area (Å²) in [6.07, 6.45) is 2.64. The Morgan fingerprint density at radius 3 is 2.53 bits per heavy atom. The molecular weight excluding hydrogens is 218 g/mol. The maximum Gasteiger partial charge on any atom is 0.356 e. The highest BCUT2D eigenvalue weighted by atomic mass is 16.4. The third-order valence-corrected chi connectivity index (χ3v) is 2.19. The molecule has 2 aromatic rings. The van der Waals surface area contributed by atoms with E-state index in [0.717, 1.165) is 5.56 Å². The Morgan fingerprint density at radius 2 is 1.94 bits per heavy atom. The number of carboxylic acid groups (broad SMARTS) is 1. The first-order valence-corrected chi connectivity index (χ1v) is 5.09. The second kappa shape index (κ2) is 5.07. The fraction of sp³-hybridized carbons (Fsp3) is 0.0833. The summed E-state index contributed by atoms with van der Waals surface area (Å²) in [7, 11) is 0. The molecule has 0 atom stereocenters. The Labute approximate surface area is 98.2 Å². The molecule has 5 heteroatoms. The molecule has 0 aliphatic carbocycles. The predicted octanol–water partition coefficient (Wildman–Crippen LogP) is 1.79. The lowest BCUT2D eigenvalue weighted by Gasteiger charge is -2.04. The van der Waals surface area contributed by atoms with Gasteiger partial charge in [0.1, 0.15) is 5.82 Å². The minimum Gasteiger partial charge on any atom is -0.476 e. The van der Waals surface area contributed by atoms with E-state index >= 15 is 0 Å². The lowest BCUT2D eigenvalue weighted by molar-refractivity contribution is 0.0690. The number of hydrogen-bond acceptors (Lipinski definition) is 4. The lowest BCUT2D eigenvalue weighted by atomic mass is 10.2. The molecule has 0 unspecified atom stereocenters. The standard InChI is InChI=1S/C12H11N3O2/c16-12(17)10-7-15-11(8-13-10)14-6-9-4-2-1-3-5-9/h1-5,7-8H,6H2,(H,14,15)(H,16,17). The van der Waals surface area contributed by atoms with Gasteiger partial charge in [-0.3, -0.25) is 0 Å². The number of nitrogens with one attached hydrogen (secondary N) is 1. The highest BCUT2D eigenvalue weighted by molar-refractivity contribution is 5.84. The first kappa shape index (κ1) is 11.1. The molecule has 2 rings (SSSR count). The molecule has 0 fully saturated rings. The van der Waals surface area contributed by atoms with Crippen molar-refractivity contribution in [3.8, 4) is 0 Å².